The number of carbonyl (C=O) groups excluding carboxylic acids is 2. The Labute approximate surface area is 193 Å². The van der Waals surface area contributed by atoms with Crippen molar-refractivity contribution < 1.29 is 28.5 Å². The molecule has 0 N–H and O–H groups in total. The second-order valence-electron chi connectivity index (χ2n) is 11.8. The Morgan fingerprint density at radius 1 is 1.09 bits per heavy atom. The van der Waals surface area contributed by atoms with E-state index in [2.05, 4.69) is 20.8 Å². The summed E-state index contributed by atoms with van der Waals surface area (Å²) in [6, 6.07) is 8.81. The lowest BCUT2D eigenvalue weighted by Gasteiger charge is -2.59. The van der Waals surface area contributed by atoms with Crippen molar-refractivity contribution in [1.29, 1.82) is 0 Å². The van der Waals surface area contributed by atoms with Crippen molar-refractivity contribution in [2.24, 2.45) is 22.7 Å². The van der Waals surface area contributed by atoms with Gasteiger partial charge in [-0.1, -0.05) is 45.4 Å². The van der Waals surface area contributed by atoms with E-state index >= 15 is 0 Å². The van der Waals surface area contributed by atoms with E-state index in [1.807, 2.05) is 6.07 Å². The summed E-state index contributed by atoms with van der Waals surface area (Å²) in [5.41, 5.74) is 1.76. The van der Waals surface area contributed by atoms with Gasteiger partial charge in [0, 0.05) is 11.5 Å². The fourth-order valence-electron chi connectivity index (χ4n) is 8.45. The van der Waals surface area contributed by atoms with Crippen LogP contribution in [0.3, 0.4) is 0 Å². The Morgan fingerprint density at radius 2 is 1.88 bits per heavy atom. The molecular formula is C27H30O6. The molecule has 7 rings (SSSR count). The van der Waals surface area contributed by atoms with Gasteiger partial charge in [0.15, 0.2) is 0 Å². The van der Waals surface area contributed by atoms with E-state index in [1.165, 1.54) is 12.8 Å². The van der Waals surface area contributed by atoms with Gasteiger partial charge in [-0.25, -0.2) is 9.59 Å². The number of epoxide rings is 2. The zero-order valence-corrected chi connectivity index (χ0v) is 19.4. The molecule has 3 aliphatic carbocycles. The normalized spacial score (nSPS) is 45.6. The summed E-state index contributed by atoms with van der Waals surface area (Å²) >= 11 is 0. The first-order chi connectivity index (χ1) is 15.7. The van der Waals surface area contributed by atoms with E-state index < -0.39 is 17.7 Å². The number of benzene rings is 1. The quantitative estimate of drug-likeness (QED) is 0.508. The Morgan fingerprint density at radius 3 is 2.67 bits per heavy atom. The molecule has 6 heteroatoms. The van der Waals surface area contributed by atoms with Crippen LogP contribution in [0.4, 0.5) is 0 Å². The van der Waals surface area contributed by atoms with E-state index in [0.29, 0.717) is 22.5 Å². The highest BCUT2D eigenvalue weighted by Crippen LogP contribution is 2.77. The Balaban J connectivity index is 1.21. The molecule has 3 aliphatic heterocycles. The van der Waals surface area contributed by atoms with Crippen LogP contribution in [0.2, 0.25) is 0 Å². The summed E-state index contributed by atoms with van der Waals surface area (Å²) in [6.45, 7) is 7.12. The van der Waals surface area contributed by atoms with Crippen LogP contribution in [0.5, 0.6) is 0 Å². The van der Waals surface area contributed by atoms with Crippen LogP contribution in [-0.2, 0) is 23.7 Å². The average Bonchev–Trinajstić information content (AvgIpc) is 3.64. The summed E-state index contributed by atoms with van der Waals surface area (Å²) in [6.07, 6.45) is 5.40. The van der Waals surface area contributed by atoms with Crippen molar-refractivity contribution >= 4 is 11.9 Å². The summed E-state index contributed by atoms with van der Waals surface area (Å²) in [4.78, 5) is 25.4. The van der Waals surface area contributed by atoms with Crippen LogP contribution in [0.1, 0.15) is 63.2 Å². The van der Waals surface area contributed by atoms with Gasteiger partial charge in [-0.2, -0.15) is 0 Å². The summed E-state index contributed by atoms with van der Waals surface area (Å²) in [5.74, 6) is -1.08. The zero-order valence-electron chi connectivity index (χ0n) is 19.4. The first-order valence-corrected chi connectivity index (χ1v) is 12.3. The third-order valence-corrected chi connectivity index (χ3v) is 9.79. The molecule has 2 spiro atoms. The first kappa shape index (κ1) is 20.2. The zero-order chi connectivity index (χ0) is 22.8. The lowest BCUT2D eigenvalue weighted by molar-refractivity contribution is -0.147. The van der Waals surface area contributed by atoms with Crippen LogP contribution in [-0.4, -0.2) is 42.1 Å². The van der Waals surface area contributed by atoms with Gasteiger partial charge in [0.1, 0.15) is 24.4 Å². The summed E-state index contributed by atoms with van der Waals surface area (Å²) in [7, 11) is 0. The van der Waals surface area contributed by atoms with Gasteiger partial charge in [-0.05, 0) is 54.6 Å². The molecule has 174 valence electrons. The van der Waals surface area contributed by atoms with Crippen molar-refractivity contribution in [3.63, 3.8) is 0 Å². The van der Waals surface area contributed by atoms with E-state index in [1.54, 1.807) is 24.3 Å². The predicted octanol–water partition coefficient (Wildman–Crippen LogP) is 4.19. The van der Waals surface area contributed by atoms with Crippen LogP contribution < -0.4 is 0 Å². The lowest BCUT2D eigenvalue weighted by Crippen LogP contribution is -2.59. The van der Waals surface area contributed by atoms with Gasteiger partial charge >= 0.3 is 11.9 Å². The predicted molar refractivity (Wildman–Crippen MR) is 117 cm³/mol. The number of fused-ring (bicyclic) bond motifs is 4. The molecule has 33 heavy (non-hydrogen) atoms. The molecule has 0 bridgehead atoms. The number of carbonyl (C=O) groups is 2. The molecule has 0 amide bonds. The molecule has 0 radical (unpaired) electrons. The molecule has 1 aromatic rings. The number of esters is 2. The number of hydrogen-bond donors (Lipinski definition) is 0. The summed E-state index contributed by atoms with van der Waals surface area (Å²) < 4.78 is 24.2. The minimum atomic E-state index is -1.01. The molecule has 3 saturated carbocycles. The number of ether oxygens (including phenoxy) is 4. The minimum absolute atomic E-state index is 0.101. The molecule has 1 aromatic carbocycles. The van der Waals surface area contributed by atoms with E-state index in [4.69, 9.17) is 18.9 Å². The molecule has 3 heterocycles. The van der Waals surface area contributed by atoms with Crippen LogP contribution in [0.25, 0.3) is 0 Å². The van der Waals surface area contributed by atoms with Gasteiger partial charge in [0.05, 0.1) is 11.1 Å². The van der Waals surface area contributed by atoms with Crippen molar-refractivity contribution in [2.45, 2.75) is 76.5 Å². The third-order valence-electron chi connectivity index (χ3n) is 9.79. The molecule has 0 aromatic heterocycles. The second-order valence-corrected chi connectivity index (χ2v) is 11.8. The highest BCUT2D eigenvalue weighted by atomic mass is 16.8. The Hall–Kier alpha value is -2.18. The topological polar surface area (TPSA) is 77.7 Å². The maximum Gasteiger partial charge on any atom is 0.340 e. The van der Waals surface area contributed by atoms with Crippen molar-refractivity contribution in [3.8, 4) is 0 Å². The van der Waals surface area contributed by atoms with Crippen molar-refractivity contribution in [3.05, 3.63) is 47.0 Å². The van der Waals surface area contributed by atoms with Crippen LogP contribution in [0.15, 0.2) is 41.5 Å². The fraction of sp³-hybridized carbons (Fsp3) is 0.630. The molecule has 5 fully saturated rings. The van der Waals surface area contributed by atoms with Gasteiger partial charge in [-0.3, -0.25) is 0 Å². The Kier molecular flexibility index (Phi) is 3.73. The monoisotopic (exact) mass is 450 g/mol. The van der Waals surface area contributed by atoms with Crippen LogP contribution in [0, 0.1) is 22.7 Å². The largest absolute Gasteiger partial charge is 0.457 e. The molecule has 7 atom stereocenters. The highest BCUT2D eigenvalue weighted by molar-refractivity contribution is 5.96. The number of rotatable bonds is 3. The average molecular weight is 451 g/mol. The third kappa shape index (κ3) is 2.41. The summed E-state index contributed by atoms with van der Waals surface area (Å²) in [5, 5.41) is 0. The van der Waals surface area contributed by atoms with Crippen LogP contribution >= 0.6 is 0 Å². The van der Waals surface area contributed by atoms with Gasteiger partial charge in [-0.15, -0.1) is 0 Å². The molecular weight excluding hydrogens is 420 g/mol. The molecule has 3 unspecified atom stereocenters. The fourth-order valence-corrected chi connectivity index (χ4v) is 8.45. The van der Waals surface area contributed by atoms with Gasteiger partial charge in [0.25, 0.3) is 5.79 Å². The van der Waals surface area contributed by atoms with Crippen molar-refractivity contribution in [2.75, 3.05) is 6.61 Å². The van der Waals surface area contributed by atoms with E-state index in [9.17, 15) is 9.59 Å². The minimum Gasteiger partial charge on any atom is -0.457 e. The standard InChI is InChI=1S/C27H30O6/c1-24(2)11-7-12-25(3)17(24)10-13-26-19(25)21-27(32-21)18(20(26)31-26)16(23(29)33-27)14-30-22(28)15-8-5-4-6-9-15/h4-6,8-9,17,19-21H,7,10-14H2,1-3H3/t17-,19?,20-,21-,25-,26?,27?/m1/s1. The van der Waals surface area contributed by atoms with E-state index in [-0.39, 0.29) is 35.7 Å². The maximum atomic E-state index is 12.9. The van der Waals surface area contributed by atoms with E-state index in [0.717, 1.165) is 24.8 Å². The van der Waals surface area contributed by atoms with Crippen molar-refractivity contribution in [1.82, 2.24) is 0 Å². The SMILES string of the molecule is CC1(C)CCC[C@@]2(C)C3[C@H]4OC45OC(=O)C(COC(=O)c4ccccc4)=C5[C@H]4OC34CC[C@H]12. The second kappa shape index (κ2) is 6.08. The molecule has 6 aliphatic rings. The first-order valence-electron chi connectivity index (χ1n) is 12.3. The maximum absolute atomic E-state index is 12.9. The number of hydrogen-bond acceptors (Lipinski definition) is 6. The molecule has 2 saturated heterocycles. The lowest BCUT2D eigenvalue weighted by atomic mass is 9.44. The Bertz CT molecular complexity index is 1110. The highest BCUT2D eigenvalue weighted by Gasteiger charge is 2.88. The van der Waals surface area contributed by atoms with Gasteiger partial charge in [0.2, 0.25) is 0 Å². The van der Waals surface area contributed by atoms with Gasteiger partial charge < -0.3 is 18.9 Å². The smallest absolute Gasteiger partial charge is 0.340 e. The molecule has 6 nitrogen and oxygen atoms in total.